The van der Waals surface area contributed by atoms with E-state index < -0.39 is 5.97 Å². The van der Waals surface area contributed by atoms with Crippen molar-refractivity contribution in [2.75, 3.05) is 6.54 Å². The second-order valence-corrected chi connectivity index (χ2v) is 6.70. The predicted molar refractivity (Wildman–Crippen MR) is 87.4 cm³/mol. The average Bonchev–Trinajstić information content (AvgIpc) is 3.00. The lowest BCUT2D eigenvalue weighted by molar-refractivity contribution is -0.137. The van der Waals surface area contributed by atoms with E-state index >= 15 is 0 Å². The van der Waals surface area contributed by atoms with E-state index in [-0.39, 0.29) is 18.4 Å². The third-order valence-electron chi connectivity index (χ3n) is 4.28. The zero-order valence-electron chi connectivity index (χ0n) is 12.3. The van der Waals surface area contributed by atoms with Crippen LogP contribution in [0.5, 0.6) is 0 Å². The van der Waals surface area contributed by atoms with Gasteiger partial charge in [-0.3, -0.25) is 9.59 Å². The molecule has 0 radical (unpaired) electrons. The molecule has 1 aromatic heterocycles. The summed E-state index contributed by atoms with van der Waals surface area (Å²) < 4.78 is 1.18. The first-order valence-electron chi connectivity index (χ1n) is 7.65. The number of hydrogen-bond donors (Lipinski definition) is 1. The van der Waals surface area contributed by atoms with Crippen LogP contribution in [0.2, 0.25) is 0 Å². The van der Waals surface area contributed by atoms with E-state index in [0.717, 1.165) is 31.2 Å². The molecule has 1 aromatic carbocycles. The number of fused-ring (bicyclic) bond motifs is 1. The van der Waals surface area contributed by atoms with Gasteiger partial charge in [-0.2, -0.15) is 0 Å². The SMILES string of the molecule is O=C(O)CCC1CCCCN1C(=O)c1ccc2sccc2c1. The van der Waals surface area contributed by atoms with Crippen LogP contribution in [0.25, 0.3) is 10.1 Å². The summed E-state index contributed by atoms with van der Waals surface area (Å²) in [5, 5.41) is 12.0. The molecule has 0 spiro atoms. The zero-order chi connectivity index (χ0) is 15.5. The molecule has 0 bridgehead atoms. The number of carbonyl (C=O) groups excluding carboxylic acids is 1. The summed E-state index contributed by atoms with van der Waals surface area (Å²) in [6.07, 6.45) is 3.63. The molecule has 1 unspecified atom stereocenters. The summed E-state index contributed by atoms with van der Waals surface area (Å²) in [4.78, 5) is 25.5. The fourth-order valence-corrected chi connectivity index (χ4v) is 3.89. The van der Waals surface area contributed by atoms with E-state index in [1.807, 2.05) is 34.5 Å². The molecule has 1 atom stereocenters. The van der Waals surface area contributed by atoms with Crippen LogP contribution in [0.4, 0.5) is 0 Å². The first-order valence-corrected chi connectivity index (χ1v) is 8.53. The first-order chi connectivity index (χ1) is 10.6. The normalized spacial score (nSPS) is 18.5. The third-order valence-corrected chi connectivity index (χ3v) is 5.18. The number of likely N-dealkylation sites (tertiary alicyclic amines) is 1. The summed E-state index contributed by atoms with van der Waals surface area (Å²) in [7, 11) is 0. The van der Waals surface area contributed by atoms with Gasteiger partial charge < -0.3 is 10.0 Å². The predicted octanol–water partition coefficient (Wildman–Crippen LogP) is 3.76. The molecular formula is C17H19NO3S. The highest BCUT2D eigenvalue weighted by Gasteiger charge is 2.27. The fraction of sp³-hybridized carbons (Fsp3) is 0.412. The maximum absolute atomic E-state index is 12.8. The molecule has 2 aromatic rings. The maximum Gasteiger partial charge on any atom is 0.303 e. The molecule has 2 heterocycles. The highest BCUT2D eigenvalue weighted by atomic mass is 32.1. The number of carboxylic acids is 1. The summed E-state index contributed by atoms with van der Waals surface area (Å²) >= 11 is 1.67. The van der Waals surface area contributed by atoms with E-state index in [4.69, 9.17) is 5.11 Å². The molecule has 22 heavy (non-hydrogen) atoms. The number of benzene rings is 1. The molecule has 1 fully saturated rings. The Morgan fingerprint density at radius 2 is 2.14 bits per heavy atom. The molecule has 1 saturated heterocycles. The Kier molecular flexibility index (Phi) is 4.43. The van der Waals surface area contributed by atoms with Crippen LogP contribution in [0.1, 0.15) is 42.5 Å². The van der Waals surface area contributed by atoms with Crippen molar-refractivity contribution in [3.63, 3.8) is 0 Å². The highest BCUT2D eigenvalue weighted by Crippen LogP contribution is 2.26. The van der Waals surface area contributed by atoms with Crippen molar-refractivity contribution in [3.8, 4) is 0 Å². The number of piperidine rings is 1. The Labute approximate surface area is 133 Å². The van der Waals surface area contributed by atoms with Gasteiger partial charge in [0, 0.05) is 29.3 Å². The number of rotatable bonds is 4. The van der Waals surface area contributed by atoms with E-state index in [1.165, 1.54) is 4.70 Å². The van der Waals surface area contributed by atoms with Crippen molar-refractivity contribution < 1.29 is 14.7 Å². The Morgan fingerprint density at radius 3 is 2.95 bits per heavy atom. The van der Waals surface area contributed by atoms with Gasteiger partial charge >= 0.3 is 5.97 Å². The van der Waals surface area contributed by atoms with E-state index in [2.05, 4.69) is 0 Å². The van der Waals surface area contributed by atoms with E-state index in [0.29, 0.717) is 12.0 Å². The molecule has 1 amide bonds. The van der Waals surface area contributed by atoms with Gasteiger partial charge in [0.1, 0.15) is 0 Å². The Hall–Kier alpha value is -1.88. The van der Waals surface area contributed by atoms with Crippen molar-refractivity contribution in [1.82, 2.24) is 4.90 Å². The lowest BCUT2D eigenvalue weighted by atomic mass is 9.96. The van der Waals surface area contributed by atoms with Crippen molar-refractivity contribution in [1.29, 1.82) is 0 Å². The average molecular weight is 317 g/mol. The zero-order valence-corrected chi connectivity index (χ0v) is 13.1. The van der Waals surface area contributed by atoms with Gasteiger partial charge in [-0.25, -0.2) is 0 Å². The second kappa shape index (κ2) is 6.48. The van der Waals surface area contributed by atoms with Gasteiger partial charge in [0.2, 0.25) is 0 Å². The molecule has 0 aliphatic carbocycles. The van der Waals surface area contributed by atoms with Crippen molar-refractivity contribution in [2.45, 2.75) is 38.1 Å². The van der Waals surface area contributed by atoms with Gasteiger partial charge in [-0.05, 0) is 60.7 Å². The fourth-order valence-electron chi connectivity index (χ4n) is 3.12. The lowest BCUT2D eigenvalue weighted by Crippen LogP contribution is -2.43. The van der Waals surface area contributed by atoms with Gasteiger partial charge in [0.05, 0.1) is 0 Å². The van der Waals surface area contributed by atoms with Crippen LogP contribution in [0.15, 0.2) is 29.6 Å². The summed E-state index contributed by atoms with van der Waals surface area (Å²) in [5.74, 6) is -0.763. The Bertz CT molecular complexity index is 694. The number of thiophene rings is 1. The van der Waals surface area contributed by atoms with Crippen molar-refractivity contribution in [3.05, 3.63) is 35.2 Å². The van der Waals surface area contributed by atoms with Crippen LogP contribution >= 0.6 is 11.3 Å². The molecule has 1 aliphatic rings. The van der Waals surface area contributed by atoms with Gasteiger partial charge in [-0.15, -0.1) is 11.3 Å². The maximum atomic E-state index is 12.8. The van der Waals surface area contributed by atoms with E-state index in [9.17, 15) is 9.59 Å². The number of amides is 1. The Morgan fingerprint density at radius 1 is 1.27 bits per heavy atom. The standard InChI is InChI=1S/C17H19NO3S/c19-16(20)7-5-14-3-1-2-9-18(14)17(21)13-4-6-15-12(11-13)8-10-22-15/h4,6,8,10-11,14H,1-3,5,7,9H2,(H,19,20). The van der Waals surface area contributed by atoms with Crippen LogP contribution in [0, 0.1) is 0 Å². The molecular weight excluding hydrogens is 298 g/mol. The summed E-state index contributed by atoms with van der Waals surface area (Å²) in [6, 6.07) is 7.88. The summed E-state index contributed by atoms with van der Waals surface area (Å²) in [6.45, 7) is 0.727. The Balaban J connectivity index is 1.79. The molecule has 1 N–H and O–H groups in total. The quantitative estimate of drug-likeness (QED) is 0.934. The number of nitrogens with zero attached hydrogens (tertiary/aromatic N) is 1. The van der Waals surface area contributed by atoms with Gasteiger partial charge in [0.15, 0.2) is 0 Å². The minimum absolute atomic E-state index is 0.0307. The molecule has 116 valence electrons. The van der Waals surface area contributed by atoms with Gasteiger partial charge in [-0.1, -0.05) is 0 Å². The molecule has 0 saturated carbocycles. The largest absolute Gasteiger partial charge is 0.481 e. The first kappa shape index (κ1) is 15.0. The highest BCUT2D eigenvalue weighted by molar-refractivity contribution is 7.17. The number of hydrogen-bond acceptors (Lipinski definition) is 3. The van der Waals surface area contributed by atoms with Crippen LogP contribution < -0.4 is 0 Å². The second-order valence-electron chi connectivity index (χ2n) is 5.75. The van der Waals surface area contributed by atoms with Crippen LogP contribution in [-0.4, -0.2) is 34.5 Å². The van der Waals surface area contributed by atoms with Crippen molar-refractivity contribution in [2.24, 2.45) is 0 Å². The van der Waals surface area contributed by atoms with Crippen molar-refractivity contribution >= 4 is 33.3 Å². The van der Waals surface area contributed by atoms with Crippen LogP contribution in [0.3, 0.4) is 0 Å². The monoisotopic (exact) mass is 317 g/mol. The van der Waals surface area contributed by atoms with E-state index in [1.54, 1.807) is 11.3 Å². The molecule has 4 nitrogen and oxygen atoms in total. The van der Waals surface area contributed by atoms with Gasteiger partial charge in [0.25, 0.3) is 5.91 Å². The molecule has 5 heteroatoms. The number of carboxylic acid groups (broad SMARTS) is 1. The van der Waals surface area contributed by atoms with Crippen LogP contribution in [-0.2, 0) is 4.79 Å². The minimum Gasteiger partial charge on any atom is -0.481 e. The smallest absolute Gasteiger partial charge is 0.303 e. The molecule has 1 aliphatic heterocycles. The topological polar surface area (TPSA) is 57.6 Å². The minimum atomic E-state index is -0.794. The summed E-state index contributed by atoms with van der Waals surface area (Å²) in [5.41, 5.74) is 0.702. The molecule has 3 rings (SSSR count). The third kappa shape index (κ3) is 3.14. The number of carbonyl (C=O) groups is 2. The number of aliphatic carboxylic acids is 1. The lowest BCUT2D eigenvalue weighted by Gasteiger charge is -2.35.